The summed E-state index contributed by atoms with van der Waals surface area (Å²) in [5, 5.41) is 1.16. The van der Waals surface area contributed by atoms with Crippen molar-refractivity contribution in [2.75, 3.05) is 19.6 Å². The molecule has 2 N–H and O–H groups in total. The van der Waals surface area contributed by atoms with Crippen molar-refractivity contribution >= 4 is 11.3 Å². The van der Waals surface area contributed by atoms with Crippen LogP contribution in [0.5, 0.6) is 0 Å². The molecular weight excluding hydrogens is 242 g/mol. The smallest absolute Gasteiger partial charge is 0.113 e. The molecule has 1 fully saturated rings. The zero-order chi connectivity index (χ0) is 13.2. The third-order valence-corrected chi connectivity index (χ3v) is 5.17. The molecule has 4 heteroatoms. The summed E-state index contributed by atoms with van der Waals surface area (Å²) in [6.07, 6.45) is 4.33. The lowest BCUT2D eigenvalue weighted by Gasteiger charge is -2.37. The SMILES string of the molecule is CCCN1CCC(N)(c2nc(CC)c(C)s2)CC1. The van der Waals surface area contributed by atoms with Gasteiger partial charge in [-0.3, -0.25) is 0 Å². The third-order valence-electron chi connectivity index (χ3n) is 3.94. The average molecular weight is 267 g/mol. The number of rotatable bonds is 4. The standard InChI is InChI=1S/C14H25N3S/c1-4-8-17-9-6-14(15,7-10-17)13-16-12(5-2)11(3)18-13/h4-10,15H2,1-3H3. The molecule has 18 heavy (non-hydrogen) atoms. The van der Waals surface area contributed by atoms with Crippen molar-refractivity contribution in [1.82, 2.24) is 9.88 Å². The van der Waals surface area contributed by atoms with Crippen molar-refractivity contribution in [3.8, 4) is 0 Å². The van der Waals surface area contributed by atoms with Gasteiger partial charge >= 0.3 is 0 Å². The summed E-state index contributed by atoms with van der Waals surface area (Å²) in [7, 11) is 0. The lowest BCUT2D eigenvalue weighted by Crippen LogP contribution is -2.48. The van der Waals surface area contributed by atoms with Crippen LogP contribution in [-0.4, -0.2) is 29.5 Å². The molecule has 0 amide bonds. The van der Waals surface area contributed by atoms with E-state index in [0.717, 1.165) is 37.4 Å². The van der Waals surface area contributed by atoms with E-state index in [-0.39, 0.29) is 5.54 Å². The van der Waals surface area contributed by atoms with Crippen LogP contribution in [0.1, 0.15) is 48.7 Å². The van der Waals surface area contributed by atoms with Gasteiger partial charge in [0, 0.05) is 18.0 Å². The van der Waals surface area contributed by atoms with Gasteiger partial charge in [-0.1, -0.05) is 13.8 Å². The van der Waals surface area contributed by atoms with E-state index in [9.17, 15) is 0 Å². The molecule has 0 spiro atoms. The van der Waals surface area contributed by atoms with E-state index in [1.165, 1.54) is 23.5 Å². The average Bonchev–Trinajstić information content (AvgIpc) is 2.75. The Morgan fingerprint density at radius 2 is 2.00 bits per heavy atom. The first-order valence-electron chi connectivity index (χ1n) is 7.07. The number of aromatic nitrogens is 1. The van der Waals surface area contributed by atoms with Gasteiger partial charge in [0.1, 0.15) is 5.01 Å². The molecule has 0 aliphatic carbocycles. The lowest BCUT2D eigenvalue weighted by molar-refractivity contribution is 0.162. The van der Waals surface area contributed by atoms with Crippen molar-refractivity contribution in [3.63, 3.8) is 0 Å². The number of hydrogen-bond acceptors (Lipinski definition) is 4. The van der Waals surface area contributed by atoms with Crippen LogP contribution in [0.3, 0.4) is 0 Å². The van der Waals surface area contributed by atoms with Crippen molar-refractivity contribution in [2.24, 2.45) is 5.73 Å². The highest BCUT2D eigenvalue weighted by molar-refractivity contribution is 7.11. The second-order valence-electron chi connectivity index (χ2n) is 5.37. The minimum Gasteiger partial charge on any atom is -0.319 e. The number of nitrogens with zero attached hydrogens (tertiary/aromatic N) is 2. The predicted molar refractivity (Wildman–Crippen MR) is 78.1 cm³/mol. The van der Waals surface area contributed by atoms with Crippen LogP contribution in [-0.2, 0) is 12.0 Å². The minimum absolute atomic E-state index is 0.174. The van der Waals surface area contributed by atoms with Crippen molar-refractivity contribution < 1.29 is 0 Å². The Balaban J connectivity index is 2.08. The molecule has 3 nitrogen and oxygen atoms in total. The van der Waals surface area contributed by atoms with Gasteiger partial charge in [-0.25, -0.2) is 4.98 Å². The molecule has 0 atom stereocenters. The molecule has 102 valence electrons. The Morgan fingerprint density at radius 3 is 2.50 bits per heavy atom. The van der Waals surface area contributed by atoms with E-state index in [1.807, 2.05) is 0 Å². The van der Waals surface area contributed by atoms with E-state index in [2.05, 4.69) is 25.7 Å². The Bertz CT molecular complexity index is 392. The fourth-order valence-corrected chi connectivity index (χ4v) is 3.84. The number of nitrogens with two attached hydrogens (primary N) is 1. The van der Waals surface area contributed by atoms with Crippen molar-refractivity contribution in [1.29, 1.82) is 0 Å². The second kappa shape index (κ2) is 5.68. The van der Waals surface area contributed by atoms with Crippen LogP contribution in [0.2, 0.25) is 0 Å². The highest BCUT2D eigenvalue weighted by atomic mass is 32.1. The zero-order valence-electron chi connectivity index (χ0n) is 11.8. The maximum absolute atomic E-state index is 6.60. The molecule has 0 unspecified atom stereocenters. The molecule has 1 aromatic rings. The van der Waals surface area contributed by atoms with Crippen LogP contribution < -0.4 is 5.73 Å². The molecule has 0 radical (unpaired) electrons. The Labute approximate surface area is 114 Å². The quantitative estimate of drug-likeness (QED) is 0.912. The Kier molecular flexibility index (Phi) is 4.41. The summed E-state index contributed by atoms with van der Waals surface area (Å²) in [4.78, 5) is 8.63. The van der Waals surface area contributed by atoms with Crippen LogP contribution >= 0.6 is 11.3 Å². The monoisotopic (exact) mass is 267 g/mol. The minimum atomic E-state index is -0.174. The molecule has 2 rings (SSSR count). The van der Waals surface area contributed by atoms with E-state index < -0.39 is 0 Å². The van der Waals surface area contributed by atoms with E-state index in [4.69, 9.17) is 10.7 Å². The van der Waals surface area contributed by atoms with Crippen molar-refractivity contribution in [2.45, 2.75) is 52.0 Å². The summed E-state index contributed by atoms with van der Waals surface area (Å²) in [5.41, 5.74) is 7.66. The molecule has 2 heterocycles. The van der Waals surface area contributed by atoms with Gasteiger partial charge in [-0.05, 0) is 39.2 Å². The predicted octanol–water partition coefficient (Wildman–Crippen LogP) is 2.67. The maximum Gasteiger partial charge on any atom is 0.113 e. The highest BCUT2D eigenvalue weighted by Gasteiger charge is 2.35. The Hall–Kier alpha value is -0.450. The van der Waals surface area contributed by atoms with Crippen LogP contribution in [0.15, 0.2) is 0 Å². The van der Waals surface area contributed by atoms with E-state index >= 15 is 0 Å². The lowest BCUT2D eigenvalue weighted by atomic mass is 9.89. The van der Waals surface area contributed by atoms with Gasteiger partial charge in [-0.15, -0.1) is 11.3 Å². The van der Waals surface area contributed by atoms with Gasteiger partial charge in [0.2, 0.25) is 0 Å². The van der Waals surface area contributed by atoms with Crippen LogP contribution in [0.25, 0.3) is 0 Å². The highest BCUT2D eigenvalue weighted by Crippen LogP contribution is 2.34. The summed E-state index contributed by atoms with van der Waals surface area (Å²) < 4.78 is 0. The number of hydrogen-bond donors (Lipinski definition) is 1. The van der Waals surface area contributed by atoms with Crippen LogP contribution in [0, 0.1) is 6.92 Å². The van der Waals surface area contributed by atoms with Gasteiger partial charge < -0.3 is 10.6 Å². The first kappa shape index (κ1) is 14.0. The van der Waals surface area contributed by atoms with E-state index in [0.29, 0.717) is 0 Å². The molecule has 1 aliphatic rings. The summed E-state index contributed by atoms with van der Waals surface area (Å²) in [6, 6.07) is 0. The fraction of sp³-hybridized carbons (Fsp3) is 0.786. The molecule has 0 saturated carbocycles. The summed E-state index contributed by atoms with van der Waals surface area (Å²) in [6.45, 7) is 10.00. The Morgan fingerprint density at radius 1 is 1.33 bits per heavy atom. The zero-order valence-corrected chi connectivity index (χ0v) is 12.6. The number of likely N-dealkylation sites (tertiary alicyclic amines) is 1. The second-order valence-corrected chi connectivity index (χ2v) is 6.58. The van der Waals surface area contributed by atoms with Gasteiger partial charge in [0.05, 0.1) is 11.2 Å². The number of aryl methyl sites for hydroxylation is 2. The molecule has 0 bridgehead atoms. The van der Waals surface area contributed by atoms with Gasteiger partial charge in [0.25, 0.3) is 0 Å². The van der Waals surface area contributed by atoms with Crippen molar-refractivity contribution in [3.05, 3.63) is 15.6 Å². The fourth-order valence-electron chi connectivity index (χ4n) is 2.67. The molecule has 1 saturated heterocycles. The molecule has 1 aliphatic heterocycles. The third kappa shape index (κ3) is 2.76. The molecule has 0 aromatic carbocycles. The molecular formula is C14H25N3S. The molecule has 1 aromatic heterocycles. The summed E-state index contributed by atoms with van der Waals surface area (Å²) >= 11 is 1.80. The first-order chi connectivity index (χ1) is 8.59. The first-order valence-corrected chi connectivity index (χ1v) is 7.88. The normalized spacial score (nSPS) is 20.2. The maximum atomic E-state index is 6.60. The van der Waals surface area contributed by atoms with Crippen LogP contribution in [0.4, 0.5) is 0 Å². The largest absolute Gasteiger partial charge is 0.319 e. The number of piperidine rings is 1. The summed E-state index contributed by atoms with van der Waals surface area (Å²) in [5.74, 6) is 0. The van der Waals surface area contributed by atoms with E-state index in [1.54, 1.807) is 11.3 Å². The van der Waals surface area contributed by atoms with Gasteiger partial charge in [0.15, 0.2) is 0 Å². The van der Waals surface area contributed by atoms with Gasteiger partial charge in [-0.2, -0.15) is 0 Å². The number of thiazole rings is 1. The topological polar surface area (TPSA) is 42.1 Å².